The Morgan fingerprint density at radius 2 is 1.79 bits per heavy atom. The fraction of sp³-hybridized carbons (Fsp3) is 0.640. The van der Waals surface area contributed by atoms with E-state index in [0.717, 1.165) is 54.7 Å². The quantitative estimate of drug-likeness (QED) is 0.758. The van der Waals surface area contributed by atoms with Gasteiger partial charge in [-0.2, -0.15) is 0 Å². The highest BCUT2D eigenvalue weighted by Gasteiger charge is 2.54. The minimum Gasteiger partial charge on any atom is -0.380 e. The topological polar surface area (TPSA) is 38.3 Å². The maximum absolute atomic E-state index is 13.7. The van der Waals surface area contributed by atoms with Crippen LogP contribution in [0, 0.1) is 23.2 Å². The standard InChI is InChI=1S/C25H33NO2/c1-24(2)14-20-5-4-16(15-28-3)9-21(20)22(26-24)10-23(27)25-11-17-6-18(12-25)8-19(7-17)13-25/h4-5,9-10,17-19,26H,6-8,11-15H2,1-3H3. The first-order valence-electron chi connectivity index (χ1n) is 11.0. The molecule has 5 aliphatic rings. The number of carbonyl (C=O) groups excluding carboxylic acids is 1. The van der Waals surface area contributed by atoms with Crippen LogP contribution < -0.4 is 5.32 Å². The number of nitrogens with one attached hydrogen (secondary N) is 1. The van der Waals surface area contributed by atoms with Crippen LogP contribution in [0.15, 0.2) is 24.3 Å². The van der Waals surface area contributed by atoms with E-state index in [-0.39, 0.29) is 11.0 Å². The molecule has 0 saturated heterocycles. The molecule has 0 unspecified atom stereocenters. The normalized spacial score (nSPS) is 36.2. The zero-order chi connectivity index (χ0) is 19.5. The van der Waals surface area contributed by atoms with E-state index in [1.807, 2.05) is 6.08 Å². The van der Waals surface area contributed by atoms with Gasteiger partial charge < -0.3 is 10.1 Å². The van der Waals surface area contributed by atoms with Gasteiger partial charge in [-0.3, -0.25) is 4.79 Å². The average molecular weight is 380 g/mol. The lowest BCUT2D eigenvalue weighted by Crippen LogP contribution is -2.50. The minimum absolute atomic E-state index is 0.0383. The fourth-order valence-electron chi connectivity index (χ4n) is 7.05. The Balaban J connectivity index is 1.51. The van der Waals surface area contributed by atoms with Crippen molar-refractivity contribution in [1.82, 2.24) is 5.32 Å². The molecule has 28 heavy (non-hydrogen) atoms. The van der Waals surface area contributed by atoms with Gasteiger partial charge >= 0.3 is 0 Å². The van der Waals surface area contributed by atoms with E-state index in [1.165, 1.54) is 30.4 Å². The van der Waals surface area contributed by atoms with Crippen molar-refractivity contribution in [1.29, 1.82) is 0 Å². The fourth-order valence-corrected chi connectivity index (χ4v) is 7.05. The van der Waals surface area contributed by atoms with E-state index in [0.29, 0.717) is 12.4 Å². The molecule has 1 heterocycles. The van der Waals surface area contributed by atoms with Crippen molar-refractivity contribution in [2.24, 2.45) is 23.2 Å². The first-order chi connectivity index (χ1) is 13.4. The second-order valence-electron chi connectivity index (χ2n) is 10.7. The maximum Gasteiger partial charge on any atom is 0.163 e. The first kappa shape index (κ1) is 18.4. The lowest BCUT2D eigenvalue weighted by Gasteiger charge is -2.55. The third-order valence-electron chi connectivity index (χ3n) is 7.72. The number of hydrogen-bond donors (Lipinski definition) is 1. The van der Waals surface area contributed by atoms with E-state index < -0.39 is 0 Å². The van der Waals surface area contributed by atoms with Gasteiger partial charge in [-0.25, -0.2) is 0 Å². The van der Waals surface area contributed by atoms with Crippen LogP contribution in [0.1, 0.15) is 69.1 Å². The molecule has 1 aliphatic heterocycles. The summed E-state index contributed by atoms with van der Waals surface area (Å²) in [4.78, 5) is 13.7. The molecule has 4 bridgehead atoms. The Hall–Kier alpha value is -1.61. The molecule has 1 aromatic carbocycles. The predicted molar refractivity (Wildman–Crippen MR) is 112 cm³/mol. The molecular formula is C25H33NO2. The molecule has 0 amide bonds. The van der Waals surface area contributed by atoms with Gasteiger partial charge in [0, 0.05) is 35.4 Å². The summed E-state index contributed by atoms with van der Waals surface area (Å²) in [6.07, 6.45) is 10.4. The third-order valence-corrected chi connectivity index (χ3v) is 7.72. The second-order valence-corrected chi connectivity index (χ2v) is 10.7. The number of ketones is 1. The lowest BCUT2D eigenvalue weighted by molar-refractivity contribution is -0.138. The van der Waals surface area contributed by atoms with E-state index in [4.69, 9.17) is 4.74 Å². The lowest BCUT2D eigenvalue weighted by atomic mass is 9.48. The van der Waals surface area contributed by atoms with E-state index in [2.05, 4.69) is 37.4 Å². The molecule has 4 aliphatic carbocycles. The Morgan fingerprint density at radius 3 is 2.39 bits per heavy atom. The van der Waals surface area contributed by atoms with Gasteiger partial charge in [0.1, 0.15) is 0 Å². The molecule has 0 aromatic heterocycles. The van der Waals surface area contributed by atoms with Crippen LogP contribution in [-0.4, -0.2) is 18.4 Å². The highest BCUT2D eigenvalue weighted by molar-refractivity contribution is 6.01. The molecule has 1 aromatic rings. The molecule has 3 nitrogen and oxygen atoms in total. The van der Waals surface area contributed by atoms with E-state index in [9.17, 15) is 4.79 Å². The minimum atomic E-state index is -0.0741. The van der Waals surface area contributed by atoms with Crippen LogP contribution in [0.25, 0.3) is 5.70 Å². The van der Waals surface area contributed by atoms with Gasteiger partial charge in [0.05, 0.1) is 6.61 Å². The Bertz CT molecular complexity index is 800. The van der Waals surface area contributed by atoms with E-state index >= 15 is 0 Å². The van der Waals surface area contributed by atoms with Crippen LogP contribution in [0.2, 0.25) is 0 Å². The zero-order valence-electron chi connectivity index (χ0n) is 17.5. The number of carbonyl (C=O) groups is 1. The van der Waals surface area contributed by atoms with Gasteiger partial charge in [-0.05, 0) is 93.7 Å². The Labute approximate surface area is 168 Å². The predicted octanol–water partition coefficient (Wildman–Crippen LogP) is 4.88. The van der Waals surface area contributed by atoms with Gasteiger partial charge in [-0.1, -0.05) is 12.1 Å². The summed E-state index contributed by atoms with van der Waals surface area (Å²) in [5.41, 5.74) is 4.58. The van der Waals surface area contributed by atoms with Crippen LogP contribution in [0.3, 0.4) is 0 Å². The second kappa shape index (κ2) is 6.45. The summed E-state index contributed by atoms with van der Waals surface area (Å²) in [7, 11) is 1.73. The van der Waals surface area contributed by atoms with Crippen molar-refractivity contribution in [3.8, 4) is 0 Å². The van der Waals surface area contributed by atoms with Crippen LogP contribution in [-0.2, 0) is 22.6 Å². The van der Waals surface area contributed by atoms with Crippen LogP contribution >= 0.6 is 0 Å². The number of rotatable bonds is 4. The van der Waals surface area contributed by atoms with Crippen LogP contribution in [0.5, 0.6) is 0 Å². The Kier molecular flexibility index (Phi) is 4.24. The number of benzene rings is 1. The molecule has 150 valence electrons. The summed E-state index contributed by atoms with van der Waals surface area (Å²) >= 11 is 0. The summed E-state index contributed by atoms with van der Waals surface area (Å²) in [5, 5.41) is 3.68. The molecular weight excluding hydrogens is 346 g/mol. The van der Waals surface area contributed by atoms with Crippen molar-refractivity contribution >= 4 is 11.5 Å². The number of ether oxygens (including phenoxy) is 1. The largest absolute Gasteiger partial charge is 0.380 e. The SMILES string of the molecule is COCc1ccc2c(c1)C(=CC(=O)C13CC4CC(CC(C4)C1)C3)NC(C)(C)C2. The molecule has 4 fully saturated rings. The summed E-state index contributed by atoms with van der Waals surface area (Å²) < 4.78 is 5.33. The van der Waals surface area contributed by atoms with E-state index in [1.54, 1.807) is 7.11 Å². The number of fused-ring (bicyclic) bond motifs is 1. The molecule has 0 spiro atoms. The van der Waals surface area contributed by atoms with Crippen molar-refractivity contribution in [2.75, 3.05) is 7.11 Å². The molecule has 1 N–H and O–H groups in total. The number of methoxy groups -OCH3 is 1. The third kappa shape index (κ3) is 3.12. The van der Waals surface area contributed by atoms with Crippen molar-refractivity contribution in [3.05, 3.63) is 41.0 Å². The summed E-state index contributed by atoms with van der Waals surface area (Å²) in [6, 6.07) is 6.58. The van der Waals surface area contributed by atoms with Crippen molar-refractivity contribution in [3.63, 3.8) is 0 Å². The molecule has 6 rings (SSSR count). The van der Waals surface area contributed by atoms with Gasteiger partial charge in [-0.15, -0.1) is 0 Å². The van der Waals surface area contributed by atoms with Crippen molar-refractivity contribution in [2.45, 2.75) is 70.9 Å². The number of allylic oxidation sites excluding steroid dienone is 1. The highest BCUT2D eigenvalue weighted by atomic mass is 16.5. The molecule has 3 heteroatoms. The van der Waals surface area contributed by atoms with Gasteiger partial charge in [0.25, 0.3) is 0 Å². The maximum atomic E-state index is 13.7. The zero-order valence-corrected chi connectivity index (χ0v) is 17.5. The highest BCUT2D eigenvalue weighted by Crippen LogP contribution is 2.60. The van der Waals surface area contributed by atoms with Gasteiger partial charge in [0.2, 0.25) is 0 Å². The summed E-state index contributed by atoms with van der Waals surface area (Å²) in [6.45, 7) is 5.05. The smallest absolute Gasteiger partial charge is 0.163 e. The van der Waals surface area contributed by atoms with Gasteiger partial charge in [0.15, 0.2) is 5.78 Å². The molecule has 0 atom stereocenters. The first-order valence-corrected chi connectivity index (χ1v) is 11.0. The monoisotopic (exact) mass is 379 g/mol. The molecule has 4 saturated carbocycles. The Morgan fingerprint density at radius 1 is 1.14 bits per heavy atom. The number of hydrogen-bond acceptors (Lipinski definition) is 3. The van der Waals surface area contributed by atoms with Crippen molar-refractivity contribution < 1.29 is 9.53 Å². The average Bonchev–Trinajstić information content (AvgIpc) is 2.60. The summed E-state index contributed by atoms with van der Waals surface area (Å²) in [5.74, 6) is 2.77. The van der Waals surface area contributed by atoms with Crippen LogP contribution in [0.4, 0.5) is 0 Å². The molecule has 0 radical (unpaired) electrons.